The molecule has 1 atom stereocenters. The third-order valence-electron chi connectivity index (χ3n) is 4.50. The van der Waals surface area contributed by atoms with Crippen LogP contribution in [0.4, 0.5) is 23.1 Å². The number of hydrogen-bond acceptors (Lipinski definition) is 5. The third-order valence-corrected chi connectivity index (χ3v) is 5.19. The number of nitrogens with zero attached hydrogens (tertiary/aromatic N) is 1. The van der Waals surface area contributed by atoms with Crippen molar-refractivity contribution in [3.63, 3.8) is 0 Å². The summed E-state index contributed by atoms with van der Waals surface area (Å²) in [6, 6.07) is 11.3. The monoisotopic (exact) mass is 477 g/mol. The van der Waals surface area contributed by atoms with Gasteiger partial charge in [0.25, 0.3) is 5.56 Å². The lowest BCUT2D eigenvalue weighted by Gasteiger charge is -2.23. The Bertz CT molecular complexity index is 1220. The topological polar surface area (TPSA) is 116 Å². The molecule has 31 heavy (non-hydrogen) atoms. The first-order valence-corrected chi connectivity index (χ1v) is 10.2. The van der Waals surface area contributed by atoms with Gasteiger partial charge in [0, 0.05) is 32.9 Å². The number of H-pyrrole nitrogens is 1. The summed E-state index contributed by atoms with van der Waals surface area (Å²) in [6.45, 7) is 0. The van der Waals surface area contributed by atoms with Gasteiger partial charge in [-0.05, 0) is 42.5 Å². The van der Waals surface area contributed by atoms with Crippen molar-refractivity contribution in [2.75, 3.05) is 16.0 Å². The maximum absolute atomic E-state index is 12.9. The lowest BCUT2D eigenvalue weighted by Crippen LogP contribution is -2.36. The van der Waals surface area contributed by atoms with Crippen LogP contribution in [-0.4, -0.2) is 21.8 Å². The second kappa shape index (κ2) is 8.58. The van der Waals surface area contributed by atoms with Crippen molar-refractivity contribution in [3.05, 3.63) is 73.4 Å². The molecular formula is C20H14Cl3N5O3. The molecule has 0 spiro atoms. The van der Waals surface area contributed by atoms with Crippen molar-refractivity contribution in [2.45, 2.75) is 12.3 Å². The van der Waals surface area contributed by atoms with E-state index in [1.165, 1.54) is 18.2 Å². The predicted octanol–water partition coefficient (Wildman–Crippen LogP) is 4.54. The normalized spacial score (nSPS) is 15.1. The highest BCUT2D eigenvalue weighted by molar-refractivity contribution is 6.35. The zero-order chi connectivity index (χ0) is 22.1. The standard InChI is InChI=1S/C20H14Cl3N5O3/c21-9-1-3-12(4-2-9)25-20-27-17-16(19(31)28-20)14(8-15(29)26-17)18(30)24-13-6-10(22)5-11(23)7-13/h1-7,14H,8H2,(H,24,30)(H3,25,26,27,28,29,31)/t14-/m1/s1. The summed E-state index contributed by atoms with van der Waals surface area (Å²) in [5.74, 6) is -1.91. The number of amides is 2. The van der Waals surface area contributed by atoms with Gasteiger partial charge in [0.1, 0.15) is 5.82 Å². The summed E-state index contributed by atoms with van der Waals surface area (Å²) >= 11 is 17.8. The fourth-order valence-corrected chi connectivity index (χ4v) is 3.83. The molecule has 1 aliphatic rings. The van der Waals surface area contributed by atoms with E-state index in [0.29, 0.717) is 26.4 Å². The lowest BCUT2D eigenvalue weighted by atomic mass is 9.92. The van der Waals surface area contributed by atoms with Crippen LogP contribution >= 0.6 is 34.8 Å². The molecule has 0 unspecified atom stereocenters. The molecule has 11 heteroatoms. The first-order valence-electron chi connectivity index (χ1n) is 9.02. The van der Waals surface area contributed by atoms with Crippen LogP contribution in [0.25, 0.3) is 0 Å². The minimum atomic E-state index is -1.04. The molecule has 2 amide bonds. The number of hydrogen-bond donors (Lipinski definition) is 4. The largest absolute Gasteiger partial charge is 0.326 e. The molecule has 0 saturated heterocycles. The number of anilines is 4. The molecule has 3 aromatic rings. The number of carbonyl (C=O) groups excluding carboxylic acids is 2. The average molecular weight is 479 g/mol. The second-order valence-corrected chi connectivity index (χ2v) is 8.07. The molecule has 2 aromatic carbocycles. The highest BCUT2D eigenvalue weighted by Crippen LogP contribution is 2.31. The molecule has 1 aromatic heterocycles. The first-order chi connectivity index (χ1) is 14.8. The van der Waals surface area contributed by atoms with Gasteiger partial charge in [0.2, 0.25) is 17.8 Å². The summed E-state index contributed by atoms with van der Waals surface area (Å²) in [5, 5.41) is 9.35. The number of carbonyl (C=O) groups is 2. The third kappa shape index (κ3) is 4.82. The van der Waals surface area contributed by atoms with Gasteiger partial charge in [0.15, 0.2) is 0 Å². The number of rotatable bonds is 4. The van der Waals surface area contributed by atoms with Crippen LogP contribution in [-0.2, 0) is 9.59 Å². The van der Waals surface area contributed by atoms with Crippen LogP contribution in [0.15, 0.2) is 47.3 Å². The Morgan fingerprint density at radius 3 is 2.32 bits per heavy atom. The van der Waals surface area contributed by atoms with E-state index in [-0.39, 0.29) is 23.8 Å². The van der Waals surface area contributed by atoms with Crippen LogP contribution in [0.2, 0.25) is 15.1 Å². The molecule has 2 heterocycles. The molecule has 4 N–H and O–H groups in total. The van der Waals surface area contributed by atoms with Crippen LogP contribution in [0.5, 0.6) is 0 Å². The molecular weight excluding hydrogens is 465 g/mol. The van der Waals surface area contributed by atoms with Crippen molar-refractivity contribution < 1.29 is 9.59 Å². The van der Waals surface area contributed by atoms with Crippen molar-refractivity contribution in [1.29, 1.82) is 0 Å². The van der Waals surface area contributed by atoms with Crippen LogP contribution in [0.3, 0.4) is 0 Å². The van der Waals surface area contributed by atoms with Crippen molar-refractivity contribution in [2.24, 2.45) is 0 Å². The number of aromatic amines is 1. The molecule has 4 rings (SSSR count). The van der Waals surface area contributed by atoms with E-state index in [1.54, 1.807) is 24.3 Å². The van der Waals surface area contributed by atoms with Crippen LogP contribution in [0, 0.1) is 0 Å². The van der Waals surface area contributed by atoms with E-state index in [9.17, 15) is 14.4 Å². The molecule has 158 valence electrons. The SMILES string of the molecule is O=C1C[C@@H](C(=O)Nc2cc(Cl)cc(Cl)c2)c2c(nc(Nc3ccc(Cl)cc3)[nH]c2=O)N1. The lowest BCUT2D eigenvalue weighted by molar-refractivity contribution is -0.123. The summed E-state index contributed by atoms with van der Waals surface area (Å²) in [4.78, 5) is 44.7. The maximum atomic E-state index is 12.9. The van der Waals surface area contributed by atoms with Gasteiger partial charge >= 0.3 is 0 Å². The van der Waals surface area contributed by atoms with Crippen LogP contribution in [0.1, 0.15) is 17.9 Å². The van der Waals surface area contributed by atoms with Gasteiger partial charge in [-0.25, -0.2) is 0 Å². The fraction of sp³-hybridized carbons (Fsp3) is 0.100. The van der Waals surface area contributed by atoms with Crippen LogP contribution < -0.4 is 21.5 Å². The van der Waals surface area contributed by atoms with E-state index in [4.69, 9.17) is 34.8 Å². The average Bonchev–Trinajstić information content (AvgIpc) is 2.68. The Morgan fingerprint density at radius 1 is 0.968 bits per heavy atom. The Kier molecular flexibility index (Phi) is 5.86. The highest BCUT2D eigenvalue weighted by atomic mass is 35.5. The number of halogens is 3. The van der Waals surface area contributed by atoms with Gasteiger partial charge in [0.05, 0.1) is 11.5 Å². The summed E-state index contributed by atoms with van der Waals surface area (Å²) in [5.41, 5.74) is 0.486. The van der Waals surface area contributed by atoms with Crippen molar-refractivity contribution in [3.8, 4) is 0 Å². The number of nitrogens with one attached hydrogen (secondary N) is 4. The molecule has 0 radical (unpaired) electrons. The summed E-state index contributed by atoms with van der Waals surface area (Å²) in [6.07, 6.45) is -0.206. The molecule has 0 aliphatic carbocycles. The molecule has 8 nitrogen and oxygen atoms in total. The smallest absolute Gasteiger partial charge is 0.258 e. The van der Waals surface area contributed by atoms with Gasteiger partial charge in [-0.1, -0.05) is 34.8 Å². The fourth-order valence-electron chi connectivity index (χ4n) is 3.18. The first kappa shape index (κ1) is 21.2. The van der Waals surface area contributed by atoms with E-state index in [2.05, 4.69) is 25.9 Å². The molecule has 0 bridgehead atoms. The van der Waals surface area contributed by atoms with E-state index < -0.39 is 23.3 Å². The Labute approximate surface area is 190 Å². The number of benzene rings is 2. The van der Waals surface area contributed by atoms with Gasteiger partial charge in [-0.3, -0.25) is 19.4 Å². The summed E-state index contributed by atoms with van der Waals surface area (Å²) in [7, 11) is 0. The molecule has 0 fully saturated rings. The maximum Gasteiger partial charge on any atom is 0.258 e. The van der Waals surface area contributed by atoms with Crippen molar-refractivity contribution >= 4 is 69.8 Å². The van der Waals surface area contributed by atoms with Gasteiger partial charge < -0.3 is 16.0 Å². The molecule has 1 aliphatic heterocycles. The second-order valence-electron chi connectivity index (χ2n) is 6.76. The van der Waals surface area contributed by atoms with Gasteiger partial charge in [-0.2, -0.15) is 4.98 Å². The Hall–Kier alpha value is -3.07. The Balaban J connectivity index is 1.64. The summed E-state index contributed by atoms with van der Waals surface area (Å²) < 4.78 is 0. The van der Waals surface area contributed by atoms with Crippen molar-refractivity contribution in [1.82, 2.24) is 9.97 Å². The highest BCUT2D eigenvalue weighted by Gasteiger charge is 2.34. The predicted molar refractivity (Wildman–Crippen MR) is 121 cm³/mol. The Morgan fingerprint density at radius 2 is 1.65 bits per heavy atom. The van der Waals surface area contributed by atoms with E-state index in [0.717, 1.165) is 0 Å². The minimum Gasteiger partial charge on any atom is -0.326 e. The zero-order valence-electron chi connectivity index (χ0n) is 15.6. The molecule has 0 saturated carbocycles. The minimum absolute atomic E-state index is 0.0146. The quantitative estimate of drug-likeness (QED) is 0.439. The van der Waals surface area contributed by atoms with E-state index in [1.807, 2.05) is 0 Å². The zero-order valence-corrected chi connectivity index (χ0v) is 17.9. The van der Waals surface area contributed by atoms with Gasteiger partial charge in [-0.15, -0.1) is 0 Å². The number of aromatic nitrogens is 2. The van der Waals surface area contributed by atoms with E-state index >= 15 is 0 Å². The number of fused-ring (bicyclic) bond motifs is 1.